The van der Waals surface area contributed by atoms with E-state index in [0.29, 0.717) is 24.6 Å². The van der Waals surface area contributed by atoms with E-state index in [2.05, 4.69) is 19.2 Å². The zero-order valence-electron chi connectivity index (χ0n) is 21.7. The molecule has 2 aromatic carbocycles. The highest BCUT2D eigenvalue weighted by Crippen LogP contribution is 2.23. The van der Waals surface area contributed by atoms with Gasteiger partial charge >= 0.3 is 0 Å². The van der Waals surface area contributed by atoms with Crippen LogP contribution in [0.1, 0.15) is 58.1 Å². The molecule has 0 aliphatic rings. The lowest BCUT2D eigenvalue weighted by molar-refractivity contribution is -0.140. The molecule has 0 aromatic heterocycles. The molecule has 0 fully saturated rings. The van der Waals surface area contributed by atoms with Gasteiger partial charge in [-0.2, -0.15) is 0 Å². The molecule has 0 aliphatic heterocycles. The normalized spacial score (nSPS) is 12.5. The average Bonchev–Trinajstić information content (AvgIpc) is 2.80. The van der Waals surface area contributed by atoms with E-state index < -0.39 is 22.0 Å². The van der Waals surface area contributed by atoms with Gasteiger partial charge < -0.3 is 10.2 Å². The molecule has 0 aliphatic carbocycles. The van der Waals surface area contributed by atoms with Crippen molar-refractivity contribution in [2.75, 3.05) is 23.7 Å². The van der Waals surface area contributed by atoms with Gasteiger partial charge in [-0.1, -0.05) is 77.1 Å². The van der Waals surface area contributed by atoms with Crippen LogP contribution in [0, 0.1) is 5.92 Å². The number of anilines is 1. The van der Waals surface area contributed by atoms with Gasteiger partial charge in [-0.05, 0) is 41.5 Å². The third-order valence-corrected chi connectivity index (χ3v) is 6.93. The Morgan fingerprint density at radius 3 is 2.03 bits per heavy atom. The fourth-order valence-electron chi connectivity index (χ4n) is 3.76. The first kappa shape index (κ1) is 28.4. The van der Waals surface area contributed by atoms with E-state index in [-0.39, 0.29) is 24.9 Å². The lowest BCUT2D eigenvalue weighted by Gasteiger charge is -2.33. The molecule has 2 amide bonds. The number of benzene rings is 2. The highest BCUT2D eigenvalue weighted by Gasteiger charge is 2.31. The fourth-order valence-corrected chi connectivity index (χ4v) is 4.61. The number of nitrogens with zero attached hydrogens (tertiary/aromatic N) is 2. The first-order valence-electron chi connectivity index (χ1n) is 12.1. The molecule has 1 atom stereocenters. The summed E-state index contributed by atoms with van der Waals surface area (Å²) < 4.78 is 26.5. The number of hydrogen-bond acceptors (Lipinski definition) is 4. The Labute approximate surface area is 210 Å². The summed E-state index contributed by atoms with van der Waals surface area (Å²) >= 11 is 0. The Morgan fingerprint density at radius 2 is 1.54 bits per heavy atom. The largest absolute Gasteiger partial charge is 0.354 e. The van der Waals surface area contributed by atoms with E-state index in [0.717, 1.165) is 21.7 Å². The molecule has 2 aromatic rings. The highest BCUT2D eigenvalue weighted by atomic mass is 32.2. The van der Waals surface area contributed by atoms with Crippen LogP contribution in [0.3, 0.4) is 0 Å². The summed E-state index contributed by atoms with van der Waals surface area (Å²) in [5, 5.41) is 2.92. The second-order valence-corrected chi connectivity index (χ2v) is 11.5. The second-order valence-electron chi connectivity index (χ2n) is 9.59. The topological polar surface area (TPSA) is 86.8 Å². The van der Waals surface area contributed by atoms with Gasteiger partial charge in [0.2, 0.25) is 21.8 Å². The summed E-state index contributed by atoms with van der Waals surface area (Å²) in [6.45, 7) is 10.3. The SMILES string of the molecule is CC[C@@H](C(=O)NCC(C)C)N(Cc1ccccc1)C(=O)CN(c1ccc(C(C)C)cc1)S(C)(=O)=O. The van der Waals surface area contributed by atoms with E-state index in [4.69, 9.17) is 0 Å². The average molecular weight is 502 g/mol. The number of amides is 2. The van der Waals surface area contributed by atoms with E-state index in [1.54, 1.807) is 12.1 Å². The number of carbonyl (C=O) groups is 2. The van der Waals surface area contributed by atoms with Crippen LogP contribution in [0.2, 0.25) is 0 Å². The maximum Gasteiger partial charge on any atom is 0.244 e. The standard InChI is InChI=1S/C27H39N3O4S/c1-7-25(27(32)28-17-20(2)3)29(18-22-11-9-8-10-12-22)26(31)19-30(35(6,33)34)24-15-13-23(14-16-24)21(4)5/h8-16,20-21,25H,7,17-19H2,1-6H3,(H,28,32)/t25-/m0/s1. The Bertz CT molecular complexity index is 1070. The minimum Gasteiger partial charge on any atom is -0.354 e. The van der Waals surface area contributed by atoms with Crippen molar-refractivity contribution in [3.8, 4) is 0 Å². The third kappa shape index (κ3) is 8.38. The van der Waals surface area contributed by atoms with Gasteiger partial charge in [0.05, 0.1) is 11.9 Å². The van der Waals surface area contributed by atoms with Gasteiger partial charge in [0.25, 0.3) is 0 Å². The lowest BCUT2D eigenvalue weighted by Crippen LogP contribution is -2.52. The van der Waals surface area contributed by atoms with Gasteiger partial charge in [0.1, 0.15) is 12.6 Å². The van der Waals surface area contributed by atoms with Crippen LogP contribution in [0.15, 0.2) is 54.6 Å². The molecule has 2 rings (SSSR count). The van der Waals surface area contributed by atoms with Crippen LogP contribution in [0.25, 0.3) is 0 Å². The molecule has 0 saturated heterocycles. The van der Waals surface area contributed by atoms with Crippen molar-refractivity contribution in [2.24, 2.45) is 5.92 Å². The van der Waals surface area contributed by atoms with Crippen LogP contribution in [-0.2, 0) is 26.2 Å². The van der Waals surface area contributed by atoms with Crippen LogP contribution in [-0.4, -0.2) is 50.5 Å². The summed E-state index contributed by atoms with van der Waals surface area (Å²) in [5.41, 5.74) is 2.36. The smallest absolute Gasteiger partial charge is 0.244 e. The summed E-state index contributed by atoms with van der Waals surface area (Å²) in [5.74, 6) is -0.103. The van der Waals surface area contributed by atoms with E-state index in [9.17, 15) is 18.0 Å². The van der Waals surface area contributed by atoms with E-state index in [1.807, 2.05) is 63.2 Å². The minimum absolute atomic E-state index is 0.206. The van der Waals surface area contributed by atoms with Crippen molar-refractivity contribution < 1.29 is 18.0 Å². The van der Waals surface area contributed by atoms with Crippen LogP contribution >= 0.6 is 0 Å². The van der Waals surface area contributed by atoms with Crippen LogP contribution in [0.5, 0.6) is 0 Å². The maximum absolute atomic E-state index is 13.6. The van der Waals surface area contributed by atoms with Crippen molar-refractivity contribution in [3.63, 3.8) is 0 Å². The first-order chi connectivity index (χ1) is 16.4. The lowest BCUT2D eigenvalue weighted by atomic mass is 10.0. The quantitative estimate of drug-likeness (QED) is 0.473. The summed E-state index contributed by atoms with van der Waals surface area (Å²) in [6.07, 6.45) is 1.50. The number of rotatable bonds is 12. The zero-order valence-corrected chi connectivity index (χ0v) is 22.5. The van der Waals surface area contributed by atoms with Gasteiger partial charge in [-0.3, -0.25) is 13.9 Å². The van der Waals surface area contributed by atoms with Gasteiger partial charge in [-0.25, -0.2) is 8.42 Å². The predicted octanol–water partition coefficient (Wildman–Crippen LogP) is 4.16. The summed E-state index contributed by atoms with van der Waals surface area (Å²) in [6, 6.07) is 15.9. The molecule has 0 radical (unpaired) electrons. The summed E-state index contributed by atoms with van der Waals surface area (Å²) in [7, 11) is -3.74. The predicted molar refractivity (Wildman–Crippen MR) is 142 cm³/mol. The third-order valence-electron chi connectivity index (χ3n) is 5.79. The number of carbonyl (C=O) groups excluding carboxylic acids is 2. The maximum atomic E-state index is 13.6. The molecular formula is C27H39N3O4S. The van der Waals surface area contributed by atoms with Crippen LogP contribution < -0.4 is 9.62 Å². The van der Waals surface area contributed by atoms with Crippen molar-refractivity contribution in [1.82, 2.24) is 10.2 Å². The number of hydrogen-bond donors (Lipinski definition) is 1. The van der Waals surface area contributed by atoms with E-state index >= 15 is 0 Å². The highest BCUT2D eigenvalue weighted by molar-refractivity contribution is 7.92. The minimum atomic E-state index is -3.74. The molecule has 192 valence electrons. The van der Waals surface area contributed by atoms with Crippen LogP contribution in [0.4, 0.5) is 5.69 Å². The molecule has 0 unspecified atom stereocenters. The van der Waals surface area contributed by atoms with Crippen molar-refractivity contribution in [2.45, 2.75) is 59.5 Å². The molecule has 0 heterocycles. The molecule has 0 saturated carbocycles. The molecular weight excluding hydrogens is 462 g/mol. The number of sulfonamides is 1. The van der Waals surface area contributed by atoms with E-state index in [1.165, 1.54) is 4.90 Å². The fraction of sp³-hybridized carbons (Fsp3) is 0.481. The summed E-state index contributed by atoms with van der Waals surface area (Å²) in [4.78, 5) is 28.2. The van der Waals surface area contributed by atoms with Gasteiger partial charge in [0, 0.05) is 13.1 Å². The second kappa shape index (κ2) is 12.7. The monoisotopic (exact) mass is 501 g/mol. The Hall–Kier alpha value is -2.87. The molecule has 0 bridgehead atoms. The molecule has 35 heavy (non-hydrogen) atoms. The first-order valence-corrected chi connectivity index (χ1v) is 14.0. The van der Waals surface area contributed by atoms with Gasteiger partial charge in [-0.15, -0.1) is 0 Å². The molecule has 1 N–H and O–H groups in total. The molecule has 8 heteroatoms. The van der Waals surface area contributed by atoms with Crippen molar-refractivity contribution in [1.29, 1.82) is 0 Å². The van der Waals surface area contributed by atoms with Crippen molar-refractivity contribution in [3.05, 3.63) is 65.7 Å². The Kier molecular flexibility index (Phi) is 10.3. The van der Waals surface area contributed by atoms with Gasteiger partial charge in [0.15, 0.2) is 0 Å². The number of nitrogens with one attached hydrogen (secondary N) is 1. The molecule has 7 nitrogen and oxygen atoms in total. The Morgan fingerprint density at radius 1 is 0.943 bits per heavy atom. The zero-order chi connectivity index (χ0) is 26.2. The van der Waals surface area contributed by atoms with Crippen molar-refractivity contribution >= 4 is 27.5 Å². The molecule has 0 spiro atoms. The Balaban J connectivity index is 2.39.